The fourth-order valence-corrected chi connectivity index (χ4v) is 2.34. The third-order valence-corrected chi connectivity index (χ3v) is 3.42. The van der Waals surface area contributed by atoms with Crippen molar-refractivity contribution < 1.29 is 4.92 Å². The highest BCUT2D eigenvalue weighted by atomic mass is 32.2. The van der Waals surface area contributed by atoms with Crippen LogP contribution in [0.1, 0.15) is 31.7 Å². The van der Waals surface area contributed by atoms with Gasteiger partial charge < -0.3 is 0 Å². The summed E-state index contributed by atoms with van der Waals surface area (Å²) in [7, 11) is 0. The summed E-state index contributed by atoms with van der Waals surface area (Å²) in [5.41, 5.74) is 1.33. The zero-order chi connectivity index (χ0) is 11.8. The second kappa shape index (κ2) is 7.28. The molecule has 88 valence electrons. The van der Waals surface area contributed by atoms with Crippen LogP contribution in [-0.2, 0) is 5.75 Å². The predicted molar refractivity (Wildman–Crippen MR) is 68.8 cm³/mol. The van der Waals surface area contributed by atoms with Gasteiger partial charge in [0.15, 0.2) is 0 Å². The van der Waals surface area contributed by atoms with Crippen LogP contribution in [0.2, 0.25) is 0 Å². The molecule has 0 aliphatic heterocycles. The third-order valence-electron chi connectivity index (χ3n) is 2.31. The Balaban J connectivity index is 2.29. The van der Waals surface area contributed by atoms with E-state index in [0.29, 0.717) is 0 Å². The zero-order valence-electron chi connectivity index (χ0n) is 9.52. The lowest BCUT2D eigenvalue weighted by Gasteiger charge is -2.01. The first-order chi connectivity index (χ1) is 7.74. The number of hydrogen-bond acceptors (Lipinski definition) is 3. The highest BCUT2D eigenvalue weighted by Gasteiger charge is 2.03. The van der Waals surface area contributed by atoms with E-state index in [0.717, 1.165) is 11.3 Å². The minimum atomic E-state index is -0.363. The fourth-order valence-electron chi connectivity index (χ4n) is 1.36. The van der Waals surface area contributed by atoms with Crippen molar-refractivity contribution in [2.45, 2.75) is 31.9 Å². The number of unbranched alkanes of at least 4 members (excludes halogenated alkanes) is 2. The van der Waals surface area contributed by atoms with E-state index in [4.69, 9.17) is 0 Å². The standard InChI is InChI=1S/C12H17NO2S/c1-2-3-4-9-16-10-11-5-7-12(8-6-11)13(14)15/h5-8H,2-4,9-10H2,1H3. The molecule has 0 spiro atoms. The molecule has 0 aromatic heterocycles. The molecule has 0 aliphatic carbocycles. The molecule has 0 saturated heterocycles. The maximum atomic E-state index is 10.4. The summed E-state index contributed by atoms with van der Waals surface area (Å²) in [6.07, 6.45) is 3.79. The third kappa shape index (κ3) is 4.66. The van der Waals surface area contributed by atoms with E-state index in [1.165, 1.54) is 25.0 Å². The Morgan fingerprint density at radius 2 is 1.94 bits per heavy atom. The Labute approximate surface area is 100 Å². The van der Waals surface area contributed by atoms with Crippen LogP contribution in [0.5, 0.6) is 0 Å². The van der Waals surface area contributed by atoms with Crippen LogP contribution >= 0.6 is 11.8 Å². The van der Waals surface area contributed by atoms with Crippen molar-refractivity contribution >= 4 is 17.4 Å². The monoisotopic (exact) mass is 239 g/mol. The molecule has 0 saturated carbocycles. The Morgan fingerprint density at radius 3 is 2.50 bits per heavy atom. The highest BCUT2D eigenvalue weighted by molar-refractivity contribution is 7.98. The molecule has 0 heterocycles. The van der Waals surface area contributed by atoms with E-state index in [1.807, 2.05) is 23.9 Å². The molecule has 16 heavy (non-hydrogen) atoms. The molecule has 4 heteroatoms. The first kappa shape index (κ1) is 13.0. The van der Waals surface area contributed by atoms with E-state index in [1.54, 1.807) is 12.1 Å². The summed E-state index contributed by atoms with van der Waals surface area (Å²) in [4.78, 5) is 10.1. The van der Waals surface area contributed by atoms with Gasteiger partial charge >= 0.3 is 0 Å². The van der Waals surface area contributed by atoms with E-state index in [2.05, 4.69) is 6.92 Å². The van der Waals surface area contributed by atoms with Crippen molar-refractivity contribution in [3.05, 3.63) is 39.9 Å². The second-order valence-corrected chi connectivity index (χ2v) is 4.79. The Bertz CT molecular complexity index is 324. The number of nitro benzene ring substituents is 1. The van der Waals surface area contributed by atoms with Crippen molar-refractivity contribution in [1.29, 1.82) is 0 Å². The molecule has 0 fully saturated rings. The van der Waals surface area contributed by atoms with Crippen molar-refractivity contribution in [2.75, 3.05) is 5.75 Å². The van der Waals surface area contributed by atoms with Gasteiger partial charge in [-0.15, -0.1) is 0 Å². The minimum Gasteiger partial charge on any atom is -0.258 e. The van der Waals surface area contributed by atoms with Gasteiger partial charge in [-0.2, -0.15) is 11.8 Å². The molecule has 0 atom stereocenters. The summed E-state index contributed by atoms with van der Waals surface area (Å²) in [6.45, 7) is 2.20. The van der Waals surface area contributed by atoms with Crippen molar-refractivity contribution in [2.24, 2.45) is 0 Å². The van der Waals surface area contributed by atoms with Gasteiger partial charge in [-0.3, -0.25) is 10.1 Å². The van der Waals surface area contributed by atoms with Gasteiger partial charge in [-0.1, -0.05) is 31.9 Å². The van der Waals surface area contributed by atoms with Gasteiger partial charge in [-0.25, -0.2) is 0 Å². The lowest BCUT2D eigenvalue weighted by Crippen LogP contribution is -1.88. The lowest BCUT2D eigenvalue weighted by atomic mass is 10.2. The van der Waals surface area contributed by atoms with E-state index in [-0.39, 0.29) is 10.6 Å². The molecule has 0 amide bonds. The van der Waals surface area contributed by atoms with Crippen molar-refractivity contribution in [3.8, 4) is 0 Å². The normalized spacial score (nSPS) is 10.3. The summed E-state index contributed by atoms with van der Waals surface area (Å²) in [5, 5.41) is 10.4. The molecule has 0 aliphatic rings. The van der Waals surface area contributed by atoms with Crippen LogP contribution in [0.25, 0.3) is 0 Å². The molecule has 0 unspecified atom stereocenters. The van der Waals surface area contributed by atoms with Gasteiger partial charge in [-0.05, 0) is 17.7 Å². The quantitative estimate of drug-likeness (QED) is 0.410. The average molecular weight is 239 g/mol. The maximum Gasteiger partial charge on any atom is 0.269 e. The fraction of sp³-hybridized carbons (Fsp3) is 0.500. The van der Waals surface area contributed by atoms with Crippen LogP contribution in [0.15, 0.2) is 24.3 Å². The van der Waals surface area contributed by atoms with Crippen molar-refractivity contribution in [1.82, 2.24) is 0 Å². The summed E-state index contributed by atoms with van der Waals surface area (Å²) in [5.74, 6) is 2.12. The largest absolute Gasteiger partial charge is 0.269 e. The summed E-state index contributed by atoms with van der Waals surface area (Å²) < 4.78 is 0. The summed E-state index contributed by atoms with van der Waals surface area (Å²) >= 11 is 1.89. The molecule has 0 bridgehead atoms. The Morgan fingerprint density at radius 1 is 1.25 bits per heavy atom. The maximum absolute atomic E-state index is 10.4. The SMILES string of the molecule is CCCCCSCc1ccc([N+](=O)[O-])cc1. The van der Waals surface area contributed by atoms with Crippen LogP contribution in [-0.4, -0.2) is 10.7 Å². The van der Waals surface area contributed by atoms with Gasteiger partial charge in [0.05, 0.1) is 4.92 Å². The van der Waals surface area contributed by atoms with Crippen LogP contribution in [0, 0.1) is 10.1 Å². The average Bonchev–Trinajstić information content (AvgIpc) is 2.29. The van der Waals surface area contributed by atoms with E-state index < -0.39 is 0 Å². The van der Waals surface area contributed by atoms with Gasteiger partial charge in [0, 0.05) is 17.9 Å². The number of thioether (sulfide) groups is 1. The number of non-ortho nitro benzene ring substituents is 1. The second-order valence-electron chi connectivity index (χ2n) is 3.68. The number of benzene rings is 1. The van der Waals surface area contributed by atoms with Gasteiger partial charge in [0.2, 0.25) is 0 Å². The first-order valence-electron chi connectivity index (χ1n) is 5.55. The number of hydrogen-bond donors (Lipinski definition) is 0. The minimum absolute atomic E-state index is 0.166. The number of nitrogens with zero attached hydrogens (tertiary/aromatic N) is 1. The smallest absolute Gasteiger partial charge is 0.258 e. The summed E-state index contributed by atoms with van der Waals surface area (Å²) in [6, 6.07) is 6.82. The molecular formula is C12H17NO2S. The van der Waals surface area contributed by atoms with Crippen LogP contribution < -0.4 is 0 Å². The lowest BCUT2D eigenvalue weighted by molar-refractivity contribution is -0.384. The first-order valence-corrected chi connectivity index (χ1v) is 6.70. The topological polar surface area (TPSA) is 43.1 Å². The van der Waals surface area contributed by atoms with Gasteiger partial charge in [0.25, 0.3) is 5.69 Å². The zero-order valence-corrected chi connectivity index (χ0v) is 10.3. The predicted octanol–water partition coefficient (Wildman–Crippen LogP) is 4.02. The molecular weight excluding hydrogens is 222 g/mol. The number of nitro groups is 1. The molecule has 1 aromatic rings. The molecule has 3 nitrogen and oxygen atoms in total. The number of rotatable bonds is 7. The Hall–Kier alpha value is -1.03. The Kier molecular flexibility index (Phi) is 5.93. The molecule has 0 N–H and O–H groups in total. The van der Waals surface area contributed by atoms with Crippen LogP contribution in [0.3, 0.4) is 0 Å². The molecule has 1 aromatic carbocycles. The van der Waals surface area contributed by atoms with Crippen LogP contribution in [0.4, 0.5) is 5.69 Å². The van der Waals surface area contributed by atoms with E-state index >= 15 is 0 Å². The van der Waals surface area contributed by atoms with Gasteiger partial charge in [0.1, 0.15) is 0 Å². The highest BCUT2D eigenvalue weighted by Crippen LogP contribution is 2.17. The van der Waals surface area contributed by atoms with Crippen molar-refractivity contribution in [3.63, 3.8) is 0 Å². The molecule has 1 rings (SSSR count). The van der Waals surface area contributed by atoms with E-state index in [9.17, 15) is 10.1 Å². The molecule has 0 radical (unpaired) electrons.